The third-order valence-electron chi connectivity index (χ3n) is 4.15. The van der Waals surface area contributed by atoms with E-state index in [0.29, 0.717) is 23.9 Å². The van der Waals surface area contributed by atoms with E-state index in [0.717, 1.165) is 12.5 Å². The van der Waals surface area contributed by atoms with Gasteiger partial charge in [0.2, 0.25) is 11.9 Å². The highest BCUT2D eigenvalue weighted by atomic mass is 16.5. The Labute approximate surface area is 125 Å². The van der Waals surface area contributed by atoms with E-state index in [4.69, 9.17) is 4.74 Å². The number of hydrogen-bond donors (Lipinski definition) is 2. The van der Waals surface area contributed by atoms with E-state index in [1.165, 1.54) is 25.9 Å². The topological polar surface area (TPSA) is 75.2 Å². The van der Waals surface area contributed by atoms with Crippen molar-refractivity contribution < 1.29 is 4.74 Å². The fraction of sp³-hybridized carbons (Fsp3) is 0.786. The van der Waals surface area contributed by atoms with Gasteiger partial charge in [0.1, 0.15) is 0 Å². The molecule has 0 amide bonds. The highest BCUT2D eigenvalue weighted by Crippen LogP contribution is 2.29. The Balaban J connectivity index is 1.74. The predicted octanol–water partition coefficient (Wildman–Crippen LogP) is 1.21. The lowest BCUT2D eigenvalue weighted by molar-refractivity contribution is 0.0971. The summed E-state index contributed by atoms with van der Waals surface area (Å²) in [5.41, 5.74) is 0. The summed E-state index contributed by atoms with van der Waals surface area (Å²) in [6.07, 6.45) is 2.57. The zero-order chi connectivity index (χ0) is 14.8. The molecular formula is C14H24N6O. The van der Waals surface area contributed by atoms with E-state index >= 15 is 0 Å². The molecule has 1 atom stereocenters. The monoisotopic (exact) mass is 292 g/mol. The molecule has 3 aliphatic heterocycles. The molecule has 0 aromatic carbocycles. The second-order valence-corrected chi connectivity index (χ2v) is 6.07. The number of nitrogens with zero attached hydrogens (tertiary/aromatic N) is 4. The largest absolute Gasteiger partial charge is 0.461 e. The number of fused-ring (bicyclic) bond motifs is 3. The van der Waals surface area contributed by atoms with Gasteiger partial charge in [-0.15, -0.1) is 0 Å². The molecule has 21 heavy (non-hydrogen) atoms. The third-order valence-corrected chi connectivity index (χ3v) is 4.15. The molecule has 4 rings (SSSR count). The van der Waals surface area contributed by atoms with Crippen LogP contribution in [0.2, 0.25) is 0 Å². The first-order valence-electron chi connectivity index (χ1n) is 7.73. The zero-order valence-electron chi connectivity index (χ0n) is 13.0. The van der Waals surface area contributed by atoms with Crippen LogP contribution in [0.4, 0.5) is 11.9 Å². The minimum absolute atomic E-state index is 0.0433. The maximum atomic E-state index is 5.60. The molecule has 7 nitrogen and oxygen atoms in total. The van der Waals surface area contributed by atoms with Gasteiger partial charge in [0.15, 0.2) is 0 Å². The van der Waals surface area contributed by atoms with Gasteiger partial charge in [0.25, 0.3) is 0 Å². The Morgan fingerprint density at radius 3 is 2.43 bits per heavy atom. The van der Waals surface area contributed by atoms with Crippen molar-refractivity contribution in [3.05, 3.63) is 0 Å². The molecule has 2 bridgehead atoms. The highest BCUT2D eigenvalue weighted by molar-refractivity contribution is 5.36. The van der Waals surface area contributed by atoms with Crippen LogP contribution in [0.5, 0.6) is 6.01 Å². The fourth-order valence-electron chi connectivity index (χ4n) is 3.09. The second kappa shape index (κ2) is 6.01. The molecule has 1 aromatic rings. The lowest BCUT2D eigenvalue weighted by Gasteiger charge is -2.44. The molecule has 0 spiro atoms. The first-order valence-corrected chi connectivity index (χ1v) is 7.73. The van der Waals surface area contributed by atoms with Gasteiger partial charge in [-0.2, -0.15) is 15.0 Å². The van der Waals surface area contributed by atoms with Gasteiger partial charge in [-0.1, -0.05) is 0 Å². The number of piperidine rings is 3. The van der Waals surface area contributed by atoms with Gasteiger partial charge in [-0.25, -0.2) is 0 Å². The maximum Gasteiger partial charge on any atom is 0.323 e. The molecule has 3 saturated heterocycles. The lowest BCUT2D eigenvalue weighted by atomic mass is 9.84. The third kappa shape index (κ3) is 3.34. The summed E-state index contributed by atoms with van der Waals surface area (Å²) < 4.78 is 5.60. The van der Waals surface area contributed by atoms with Gasteiger partial charge in [-0.05, 0) is 45.7 Å². The van der Waals surface area contributed by atoms with Gasteiger partial charge in [0, 0.05) is 19.6 Å². The Hall–Kier alpha value is -1.63. The van der Waals surface area contributed by atoms with Gasteiger partial charge in [-0.3, -0.25) is 0 Å². The molecular weight excluding hydrogens is 268 g/mol. The molecule has 4 heterocycles. The van der Waals surface area contributed by atoms with Gasteiger partial charge >= 0.3 is 6.01 Å². The maximum absolute atomic E-state index is 5.60. The van der Waals surface area contributed by atoms with Crippen LogP contribution >= 0.6 is 0 Å². The molecule has 0 aliphatic carbocycles. The van der Waals surface area contributed by atoms with Gasteiger partial charge < -0.3 is 20.3 Å². The van der Waals surface area contributed by atoms with Crippen molar-refractivity contribution in [2.45, 2.75) is 38.8 Å². The van der Waals surface area contributed by atoms with Crippen LogP contribution in [0.1, 0.15) is 26.7 Å². The number of hydrogen-bond acceptors (Lipinski definition) is 7. The van der Waals surface area contributed by atoms with E-state index in [1.54, 1.807) is 7.05 Å². The number of nitrogens with one attached hydrogen (secondary N) is 2. The van der Waals surface area contributed by atoms with Crippen molar-refractivity contribution in [2.24, 2.45) is 5.92 Å². The number of rotatable bonds is 5. The second-order valence-electron chi connectivity index (χ2n) is 6.07. The Morgan fingerprint density at radius 2 is 1.86 bits per heavy atom. The smallest absolute Gasteiger partial charge is 0.323 e. The Bertz CT molecular complexity index is 486. The van der Waals surface area contributed by atoms with E-state index in [9.17, 15) is 0 Å². The highest BCUT2D eigenvalue weighted by Gasteiger charge is 2.34. The van der Waals surface area contributed by atoms with Crippen LogP contribution in [-0.2, 0) is 0 Å². The normalized spacial score (nSPS) is 27.7. The Kier molecular flexibility index (Phi) is 4.10. The fourth-order valence-corrected chi connectivity index (χ4v) is 3.09. The standard InChI is InChI=1S/C14H24N6O/c1-9(2)21-14-18-12(15-3)17-13(19-14)16-11-8-20-6-4-10(11)5-7-20/h9-11H,4-8H2,1-3H3,(H2,15,16,17,18,19). The minimum Gasteiger partial charge on any atom is -0.461 e. The average molecular weight is 292 g/mol. The first-order chi connectivity index (χ1) is 10.1. The molecule has 0 radical (unpaired) electrons. The predicted molar refractivity (Wildman–Crippen MR) is 81.7 cm³/mol. The summed E-state index contributed by atoms with van der Waals surface area (Å²) in [6, 6.07) is 0.791. The minimum atomic E-state index is 0.0433. The van der Waals surface area contributed by atoms with E-state index in [2.05, 4.69) is 30.5 Å². The van der Waals surface area contributed by atoms with Crippen LogP contribution < -0.4 is 15.4 Å². The van der Waals surface area contributed by atoms with Crippen molar-refractivity contribution in [2.75, 3.05) is 37.3 Å². The molecule has 7 heteroatoms. The molecule has 1 aromatic heterocycles. The van der Waals surface area contributed by atoms with Crippen molar-refractivity contribution in [3.63, 3.8) is 0 Å². The van der Waals surface area contributed by atoms with Crippen molar-refractivity contribution >= 4 is 11.9 Å². The summed E-state index contributed by atoms with van der Waals surface area (Å²) in [5.74, 6) is 1.85. The number of aromatic nitrogens is 3. The van der Waals surface area contributed by atoms with E-state index in [-0.39, 0.29) is 6.10 Å². The quantitative estimate of drug-likeness (QED) is 0.844. The van der Waals surface area contributed by atoms with Crippen LogP contribution in [0.15, 0.2) is 0 Å². The van der Waals surface area contributed by atoms with Crippen LogP contribution in [0, 0.1) is 5.92 Å². The number of ether oxygens (including phenoxy) is 1. The molecule has 3 fully saturated rings. The van der Waals surface area contributed by atoms with E-state index in [1.807, 2.05) is 13.8 Å². The molecule has 2 N–H and O–H groups in total. The molecule has 3 aliphatic rings. The summed E-state index contributed by atoms with van der Waals surface area (Å²) >= 11 is 0. The summed E-state index contributed by atoms with van der Waals surface area (Å²) in [6.45, 7) is 7.45. The number of anilines is 2. The summed E-state index contributed by atoms with van der Waals surface area (Å²) in [5, 5.41) is 6.44. The molecule has 0 saturated carbocycles. The first kappa shape index (κ1) is 14.3. The summed E-state index contributed by atoms with van der Waals surface area (Å²) in [7, 11) is 1.80. The van der Waals surface area contributed by atoms with E-state index < -0.39 is 0 Å². The van der Waals surface area contributed by atoms with Crippen LogP contribution in [-0.4, -0.2) is 58.7 Å². The van der Waals surface area contributed by atoms with Crippen LogP contribution in [0.25, 0.3) is 0 Å². The van der Waals surface area contributed by atoms with Crippen molar-refractivity contribution in [3.8, 4) is 6.01 Å². The average Bonchev–Trinajstić information content (AvgIpc) is 2.47. The van der Waals surface area contributed by atoms with Gasteiger partial charge in [0.05, 0.1) is 6.10 Å². The Morgan fingerprint density at radius 1 is 1.14 bits per heavy atom. The molecule has 1 unspecified atom stereocenters. The zero-order valence-corrected chi connectivity index (χ0v) is 13.0. The van der Waals surface area contributed by atoms with Crippen LogP contribution in [0.3, 0.4) is 0 Å². The lowest BCUT2D eigenvalue weighted by Crippen LogP contribution is -2.53. The SMILES string of the molecule is CNc1nc(NC2CN3CCC2CC3)nc(OC(C)C)n1. The van der Waals surface area contributed by atoms with Crippen molar-refractivity contribution in [1.29, 1.82) is 0 Å². The van der Waals surface area contributed by atoms with Crippen molar-refractivity contribution in [1.82, 2.24) is 19.9 Å². The molecule has 116 valence electrons. The summed E-state index contributed by atoms with van der Waals surface area (Å²) in [4.78, 5) is 15.5.